The molecule has 3 aromatic carbocycles. The second-order valence-electron chi connectivity index (χ2n) is 8.60. The summed E-state index contributed by atoms with van der Waals surface area (Å²) in [6.07, 6.45) is 0.841. The van der Waals surface area contributed by atoms with E-state index >= 15 is 0 Å². The zero-order chi connectivity index (χ0) is 27.1. The molecule has 1 atom stereocenters. The molecule has 194 valence electrons. The van der Waals surface area contributed by atoms with Crippen molar-refractivity contribution in [3.05, 3.63) is 81.9 Å². The van der Waals surface area contributed by atoms with Crippen molar-refractivity contribution in [1.82, 2.24) is 4.98 Å². The van der Waals surface area contributed by atoms with Gasteiger partial charge in [0.05, 0.1) is 46.6 Å². The Morgan fingerprint density at radius 2 is 1.76 bits per heavy atom. The van der Waals surface area contributed by atoms with Gasteiger partial charge in [-0.3, -0.25) is 14.5 Å². The van der Waals surface area contributed by atoms with Crippen LogP contribution in [-0.4, -0.2) is 41.1 Å². The number of aromatic nitrogens is 1. The third-order valence-electron chi connectivity index (χ3n) is 6.44. The number of amides is 1. The number of nitrogens with zero attached hydrogens (tertiary/aromatic N) is 2. The number of ether oxygens (including phenoxy) is 2. The Hall–Kier alpha value is -4.08. The maximum Gasteiger partial charge on any atom is 0.301 e. The summed E-state index contributed by atoms with van der Waals surface area (Å²) in [4.78, 5) is 32.9. The van der Waals surface area contributed by atoms with E-state index in [0.717, 1.165) is 16.7 Å². The second kappa shape index (κ2) is 10.00. The molecular weight excluding hydrogens is 528 g/mol. The van der Waals surface area contributed by atoms with Gasteiger partial charge in [0.2, 0.25) is 0 Å². The van der Waals surface area contributed by atoms with Gasteiger partial charge < -0.3 is 19.7 Å². The topological polar surface area (TPSA) is 109 Å². The summed E-state index contributed by atoms with van der Waals surface area (Å²) in [6, 6.07) is 13.8. The smallest absolute Gasteiger partial charge is 0.301 e. The lowest BCUT2D eigenvalue weighted by Crippen LogP contribution is -2.29. The molecule has 1 unspecified atom stereocenters. The van der Waals surface area contributed by atoms with Crippen molar-refractivity contribution < 1.29 is 29.3 Å². The Morgan fingerprint density at radius 1 is 1.05 bits per heavy atom. The first-order chi connectivity index (χ1) is 18.3. The van der Waals surface area contributed by atoms with Gasteiger partial charge in [0, 0.05) is 6.07 Å². The number of methoxy groups -OCH3 is 2. The number of phenols is 1. The number of hydrogen-bond donors (Lipinski definition) is 2. The van der Waals surface area contributed by atoms with Crippen LogP contribution in [0.2, 0.25) is 5.02 Å². The number of Topliss-reactive ketones (excluding diaryl/α,β-unsaturated/α-hetero) is 1. The maximum absolute atomic E-state index is 13.5. The summed E-state index contributed by atoms with van der Waals surface area (Å²) < 4.78 is 11.5. The van der Waals surface area contributed by atoms with Crippen LogP contribution in [0.4, 0.5) is 5.13 Å². The molecule has 1 amide bonds. The Morgan fingerprint density at radius 3 is 2.42 bits per heavy atom. The molecule has 0 aliphatic carbocycles. The SMILES string of the molecule is CCc1ccc2nc(N3C(=O)C(=O)/C(=C(/O)c4cc(Cl)c(OC)cc4OC)C3c3ccc(O)cc3)sc2c1. The number of carbonyl (C=O) groups excluding carboxylic acids is 2. The zero-order valence-electron chi connectivity index (χ0n) is 20.7. The van der Waals surface area contributed by atoms with Gasteiger partial charge in [-0.15, -0.1) is 0 Å². The van der Waals surface area contributed by atoms with Crippen molar-refractivity contribution in [2.45, 2.75) is 19.4 Å². The Balaban J connectivity index is 1.74. The second-order valence-corrected chi connectivity index (χ2v) is 10.0. The van der Waals surface area contributed by atoms with Gasteiger partial charge in [0.1, 0.15) is 23.0 Å². The molecule has 4 aromatic rings. The molecule has 0 saturated carbocycles. The molecule has 5 rings (SSSR count). The molecule has 10 heteroatoms. The van der Waals surface area contributed by atoms with Gasteiger partial charge in [-0.05, 0) is 47.9 Å². The fourth-order valence-electron chi connectivity index (χ4n) is 4.47. The first-order valence-electron chi connectivity index (χ1n) is 11.7. The van der Waals surface area contributed by atoms with Gasteiger partial charge >= 0.3 is 5.91 Å². The van der Waals surface area contributed by atoms with Crippen LogP contribution >= 0.6 is 22.9 Å². The molecule has 2 heterocycles. The first-order valence-corrected chi connectivity index (χ1v) is 12.9. The van der Waals surface area contributed by atoms with Crippen molar-refractivity contribution in [3.63, 3.8) is 0 Å². The number of aliphatic hydroxyl groups excluding tert-OH is 1. The van der Waals surface area contributed by atoms with Crippen molar-refractivity contribution in [3.8, 4) is 17.2 Å². The molecule has 1 saturated heterocycles. The van der Waals surface area contributed by atoms with Crippen LogP contribution in [0.15, 0.2) is 60.2 Å². The van der Waals surface area contributed by atoms with Gasteiger partial charge in [-0.1, -0.05) is 48.1 Å². The average molecular weight is 551 g/mol. The number of hydrogen-bond acceptors (Lipinski definition) is 8. The fourth-order valence-corrected chi connectivity index (χ4v) is 5.77. The molecule has 0 bridgehead atoms. The summed E-state index contributed by atoms with van der Waals surface area (Å²) >= 11 is 7.61. The van der Waals surface area contributed by atoms with Gasteiger partial charge in [0.15, 0.2) is 5.13 Å². The minimum Gasteiger partial charge on any atom is -0.508 e. The fraction of sp³-hybridized carbons (Fsp3) is 0.179. The molecule has 2 N–H and O–H groups in total. The summed E-state index contributed by atoms with van der Waals surface area (Å²) in [5.74, 6) is -1.65. The molecule has 38 heavy (non-hydrogen) atoms. The molecular formula is C28H23ClN2O6S. The number of aromatic hydroxyl groups is 1. The number of benzene rings is 3. The average Bonchev–Trinajstić information content (AvgIpc) is 3.46. The Bertz CT molecular complexity index is 1610. The van der Waals surface area contributed by atoms with E-state index in [9.17, 15) is 19.8 Å². The number of fused-ring (bicyclic) bond motifs is 1. The number of anilines is 1. The minimum atomic E-state index is -1.02. The molecule has 0 spiro atoms. The number of thiazole rings is 1. The lowest BCUT2D eigenvalue weighted by Gasteiger charge is -2.23. The van der Waals surface area contributed by atoms with E-state index in [1.165, 1.54) is 54.7 Å². The highest BCUT2D eigenvalue weighted by Gasteiger charge is 2.48. The van der Waals surface area contributed by atoms with Gasteiger partial charge in [-0.2, -0.15) is 0 Å². The zero-order valence-corrected chi connectivity index (χ0v) is 22.3. The van der Waals surface area contributed by atoms with Gasteiger partial charge in [-0.25, -0.2) is 4.98 Å². The number of halogens is 1. The summed E-state index contributed by atoms with van der Waals surface area (Å²) in [5, 5.41) is 21.9. The van der Waals surface area contributed by atoms with Crippen LogP contribution in [0, 0.1) is 0 Å². The third kappa shape index (κ3) is 4.23. The third-order valence-corrected chi connectivity index (χ3v) is 7.75. The number of rotatable bonds is 6. The van der Waals surface area contributed by atoms with E-state index in [1.54, 1.807) is 12.1 Å². The highest BCUT2D eigenvalue weighted by atomic mass is 35.5. The summed E-state index contributed by atoms with van der Waals surface area (Å²) in [5.41, 5.74) is 2.27. The molecule has 1 aromatic heterocycles. The number of phenolic OH excluding ortho intramolecular Hbond substituents is 1. The highest BCUT2D eigenvalue weighted by Crippen LogP contribution is 2.46. The summed E-state index contributed by atoms with van der Waals surface area (Å²) in [7, 11) is 2.85. The lowest BCUT2D eigenvalue weighted by atomic mass is 9.95. The summed E-state index contributed by atoms with van der Waals surface area (Å²) in [6.45, 7) is 2.05. The standard InChI is InChI=1S/C28H23ClN2O6S/c1-4-14-5-10-19-22(11-14)38-28(30-19)31-24(15-6-8-16(32)9-7-15)23(26(34)27(31)35)25(33)17-12-18(29)21(37-3)13-20(17)36-2/h5-13,24,32-33H,4H2,1-3H3/b25-23+. The van der Waals surface area contributed by atoms with Crippen molar-refractivity contribution in [2.24, 2.45) is 0 Å². The predicted molar refractivity (Wildman–Crippen MR) is 146 cm³/mol. The lowest BCUT2D eigenvalue weighted by molar-refractivity contribution is -0.132. The van der Waals surface area contributed by atoms with Crippen LogP contribution < -0.4 is 14.4 Å². The molecule has 8 nitrogen and oxygen atoms in total. The van der Waals surface area contributed by atoms with E-state index in [1.807, 2.05) is 25.1 Å². The van der Waals surface area contributed by atoms with E-state index in [2.05, 4.69) is 4.98 Å². The van der Waals surface area contributed by atoms with E-state index < -0.39 is 23.5 Å². The van der Waals surface area contributed by atoms with Crippen LogP contribution in [-0.2, 0) is 16.0 Å². The Kier molecular flexibility index (Phi) is 6.73. The predicted octanol–water partition coefficient (Wildman–Crippen LogP) is 5.86. The molecule has 1 aliphatic heterocycles. The number of aryl methyl sites for hydroxylation is 1. The minimum absolute atomic E-state index is 0.0152. The maximum atomic E-state index is 13.5. The van der Waals surface area contributed by atoms with Crippen molar-refractivity contribution in [2.75, 3.05) is 19.1 Å². The molecule has 1 aliphatic rings. The van der Waals surface area contributed by atoms with Gasteiger partial charge in [0.25, 0.3) is 5.78 Å². The van der Waals surface area contributed by atoms with Crippen LogP contribution in [0.5, 0.6) is 17.2 Å². The monoisotopic (exact) mass is 550 g/mol. The Labute approximate surface area is 227 Å². The van der Waals surface area contributed by atoms with Crippen LogP contribution in [0.25, 0.3) is 16.0 Å². The quantitative estimate of drug-likeness (QED) is 0.176. The van der Waals surface area contributed by atoms with E-state index in [4.69, 9.17) is 21.1 Å². The number of ketones is 1. The molecule has 1 fully saturated rings. The normalized spacial score (nSPS) is 16.8. The highest BCUT2D eigenvalue weighted by molar-refractivity contribution is 7.22. The van der Waals surface area contributed by atoms with Crippen molar-refractivity contribution in [1.29, 1.82) is 0 Å². The number of aliphatic hydroxyl groups is 1. The molecule has 0 radical (unpaired) electrons. The largest absolute Gasteiger partial charge is 0.508 e. The van der Waals surface area contributed by atoms with Crippen molar-refractivity contribution >= 4 is 55.7 Å². The number of carbonyl (C=O) groups is 2. The first kappa shape index (κ1) is 25.6. The van der Waals surface area contributed by atoms with Crippen LogP contribution in [0.1, 0.15) is 29.7 Å². The van der Waals surface area contributed by atoms with Crippen LogP contribution in [0.3, 0.4) is 0 Å². The van der Waals surface area contributed by atoms with E-state index in [-0.39, 0.29) is 27.7 Å². The van der Waals surface area contributed by atoms with E-state index in [0.29, 0.717) is 22.0 Å².